The first kappa shape index (κ1) is 28.6. The number of aliphatic hydroxyl groups excluding tert-OH is 1. The highest BCUT2D eigenvalue weighted by Gasteiger charge is 2.48. The van der Waals surface area contributed by atoms with E-state index in [0.717, 1.165) is 24.2 Å². The summed E-state index contributed by atoms with van der Waals surface area (Å²) < 4.78 is 21.3. The van der Waals surface area contributed by atoms with Gasteiger partial charge in [-0.15, -0.1) is 0 Å². The van der Waals surface area contributed by atoms with Gasteiger partial charge in [0, 0.05) is 5.56 Å². The molecule has 1 atom stereocenters. The number of ketones is 1. The molecule has 4 rings (SSSR count). The van der Waals surface area contributed by atoms with Crippen molar-refractivity contribution in [3.8, 4) is 17.2 Å². The molecule has 3 aromatic rings. The molecule has 11 heteroatoms. The molecule has 1 fully saturated rings. The molecule has 1 amide bonds. The van der Waals surface area contributed by atoms with Crippen LogP contribution in [0.25, 0.3) is 5.76 Å². The van der Waals surface area contributed by atoms with Crippen LogP contribution in [0.15, 0.2) is 48.0 Å². The number of aliphatic hydroxyl groups is 1. The Labute approximate surface area is 235 Å². The van der Waals surface area contributed by atoms with Crippen molar-refractivity contribution >= 4 is 39.9 Å². The number of amides is 1. The Morgan fingerprint density at radius 3 is 2.38 bits per heavy atom. The Morgan fingerprint density at radius 2 is 1.75 bits per heavy atom. The minimum Gasteiger partial charge on any atom is -0.507 e. The lowest BCUT2D eigenvalue weighted by Crippen LogP contribution is -2.29. The number of Topliss-reactive ketones (excluding diaryl/α,β-unsaturated/α-hetero) is 1. The Hall–Kier alpha value is -4.38. The van der Waals surface area contributed by atoms with E-state index in [1.807, 2.05) is 0 Å². The van der Waals surface area contributed by atoms with Gasteiger partial charge in [0.2, 0.25) is 0 Å². The van der Waals surface area contributed by atoms with E-state index < -0.39 is 23.7 Å². The van der Waals surface area contributed by atoms with Gasteiger partial charge < -0.3 is 24.1 Å². The summed E-state index contributed by atoms with van der Waals surface area (Å²) in [6.07, 6.45) is 1.90. The largest absolute Gasteiger partial charge is 0.507 e. The standard InChI is InChI=1S/C29H30N2O8S/c1-6-7-14-39-19-11-8-17(9-12-19)24(32)22-23(18-10-13-20(36-3)21(15-18)37-4)31(27(34)25(22)33)29-30-16(2)26(40-29)28(35)38-5/h8-13,15,23,32H,6-7,14H2,1-5H3. The maximum Gasteiger partial charge on any atom is 0.350 e. The molecule has 40 heavy (non-hydrogen) atoms. The molecule has 0 saturated carbocycles. The zero-order valence-corrected chi connectivity index (χ0v) is 23.7. The molecule has 10 nitrogen and oxygen atoms in total. The number of thiazole rings is 1. The van der Waals surface area contributed by atoms with Crippen molar-refractivity contribution in [1.29, 1.82) is 0 Å². The summed E-state index contributed by atoms with van der Waals surface area (Å²) in [5.41, 5.74) is 1.00. The summed E-state index contributed by atoms with van der Waals surface area (Å²) in [4.78, 5) is 45.0. The third kappa shape index (κ3) is 5.37. The zero-order chi connectivity index (χ0) is 29.0. The van der Waals surface area contributed by atoms with Crippen molar-refractivity contribution < 1.29 is 38.4 Å². The van der Waals surface area contributed by atoms with Crippen LogP contribution < -0.4 is 19.1 Å². The molecule has 0 radical (unpaired) electrons. The van der Waals surface area contributed by atoms with E-state index in [1.165, 1.54) is 26.2 Å². The molecule has 1 saturated heterocycles. The highest BCUT2D eigenvalue weighted by atomic mass is 32.1. The van der Waals surface area contributed by atoms with Crippen molar-refractivity contribution in [2.24, 2.45) is 0 Å². The molecule has 210 valence electrons. The van der Waals surface area contributed by atoms with E-state index in [9.17, 15) is 19.5 Å². The summed E-state index contributed by atoms with van der Waals surface area (Å²) >= 11 is 0.923. The molecular weight excluding hydrogens is 536 g/mol. The number of anilines is 1. The van der Waals surface area contributed by atoms with Gasteiger partial charge >= 0.3 is 11.9 Å². The van der Waals surface area contributed by atoms with Crippen LogP contribution in [-0.2, 0) is 14.3 Å². The van der Waals surface area contributed by atoms with Gasteiger partial charge in [-0.05, 0) is 55.3 Å². The van der Waals surface area contributed by atoms with E-state index >= 15 is 0 Å². The lowest BCUT2D eigenvalue weighted by atomic mass is 9.95. The number of hydrogen-bond acceptors (Lipinski definition) is 10. The van der Waals surface area contributed by atoms with Gasteiger partial charge in [0.05, 0.1) is 45.2 Å². The summed E-state index contributed by atoms with van der Waals surface area (Å²) in [7, 11) is 4.21. The SMILES string of the molecule is CCCCOc1ccc(C(O)=C2C(=O)C(=O)N(c3nc(C)c(C(=O)OC)s3)C2c2ccc(OC)c(OC)c2)cc1. The Bertz CT molecular complexity index is 1460. The monoisotopic (exact) mass is 566 g/mol. The number of carbonyl (C=O) groups excluding carboxylic acids is 3. The van der Waals surface area contributed by atoms with Gasteiger partial charge in [-0.3, -0.25) is 14.5 Å². The molecule has 0 spiro atoms. The quantitative estimate of drug-likeness (QED) is 0.118. The fraction of sp³-hybridized carbons (Fsp3) is 0.310. The van der Waals surface area contributed by atoms with Crippen LogP contribution in [0.3, 0.4) is 0 Å². The summed E-state index contributed by atoms with van der Waals surface area (Å²) in [5, 5.41) is 11.5. The number of unbranched alkanes of at least 4 members (excludes halogenated alkanes) is 1. The van der Waals surface area contributed by atoms with Crippen molar-refractivity contribution in [3.05, 3.63) is 69.7 Å². The number of ether oxygens (including phenoxy) is 4. The van der Waals surface area contributed by atoms with Crippen LogP contribution in [0.5, 0.6) is 17.2 Å². The fourth-order valence-corrected chi connectivity index (χ4v) is 5.35. The number of aryl methyl sites for hydroxylation is 1. The summed E-state index contributed by atoms with van der Waals surface area (Å²) in [6, 6.07) is 10.5. The van der Waals surface area contributed by atoms with E-state index in [4.69, 9.17) is 18.9 Å². The smallest absolute Gasteiger partial charge is 0.350 e. The Morgan fingerprint density at radius 1 is 1.05 bits per heavy atom. The molecule has 1 unspecified atom stereocenters. The highest BCUT2D eigenvalue weighted by Crippen LogP contribution is 2.45. The Kier molecular flexibility index (Phi) is 8.73. The normalized spacial score (nSPS) is 16.2. The van der Waals surface area contributed by atoms with Crippen molar-refractivity contribution in [1.82, 2.24) is 4.98 Å². The summed E-state index contributed by atoms with van der Waals surface area (Å²) in [5.74, 6) is -1.33. The van der Waals surface area contributed by atoms with E-state index in [1.54, 1.807) is 49.4 Å². The summed E-state index contributed by atoms with van der Waals surface area (Å²) in [6.45, 7) is 4.24. The topological polar surface area (TPSA) is 124 Å². The molecule has 0 bridgehead atoms. The molecule has 0 aliphatic carbocycles. The molecule has 1 aromatic heterocycles. The van der Waals surface area contributed by atoms with Crippen molar-refractivity contribution in [3.63, 3.8) is 0 Å². The molecule has 1 N–H and O–H groups in total. The third-order valence-electron chi connectivity index (χ3n) is 6.42. The molecule has 2 aromatic carbocycles. The lowest BCUT2D eigenvalue weighted by molar-refractivity contribution is -0.132. The predicted molar refractivity (Wildman–Crippen MR) is 149 cm³/mol. The lowest BCUT2D eigenvalue weighted by Gasteiger charge is -2.23. The number of aromatic nitrogens is 1. The maximum atomic E-state index is 13.5. The molecule has 1 aliphatic heterocycles. The average Bonchev–Trinajstić information content (AvgIpc) is 3.48. The number of esters is 1. The number of rotatable bonds is 10. The van der Waals surface area contributed by atoms with Crippen LogP contribution >= 0.6 is 11.3 Å². The van der Waals surface area contributed by atoms with Crippen molar-refractivity contribution in [2.45, 2.75) is 32.7 Å². The number of methoxy groups -OCH3 is 3. The Balaban J connectivity index is 1.87. The van der Waals surface area contributed by atoms with Crippen LogP contribution in [-0.4, -0.2) is 55.7 Å². The number of benzene rings is 2. The second-order valence-corrected chi connectivity index (χ2v) is 9.89. The van der Waals surface area contributed by atoms with Crippen LogP contribution in [0.2, 0.25) is 0 Å². The van der Waals surface area contributed by atoms with E-state index in [2.05, 4.69) is 11.9 Å². The zero-order valence-electron chi connectivity index (χ0n) is 22.8. The van der Waals surface area contributed by atoms with Gasteiger partial charge in [-0.1, -0.05) is 30.7 Å². The second kappa shape index (κ2) is 12.2. The number of carbonyl (C=O) groups is 3. The van der Waals surface area contributed by atoms with E-state index in [-0.39, 0.29) is 21.3 Å². The van der Waals surface area contributed by atoms with Gasteiger partial charge in [-0.2, -0.15) is 0 Å². The molecule has 2 heterocycles. The first-order valence-corrected chi connectivity index (χ1v) is 13.4. The first-order chi connectivity index (χ1) is 19.2. The number of nitrogens with zero attached hydrogens (tertiary/aromatic N) is 2. The first-order valence-electron chi connectivity index (χ1n) is 12.6. The minimum atomic E-state index is -1.07. The van der Waals surface area contributed by atoms with Gasteiger partial charge in [0.25, 0.3) is 5.78 Å². The third-order valence-corrected chi connectivity index (χ3v) is 7.56. The second-order valence-electron chi connectivity index (χ2n) is 8.91. The fourth-order valence-electron chi connectivity index (χ4n) is 4.33. The minimum absolute atomic E-state index is 0.110. The predicted octanol–water partition coefficient (Wildman–Crippen LogP) is 5.06. The van der Waals surface area contributed by atoms with Gasteiger partial charge in [0.15, 0.2) is 16.6 Å². The van der Waals surface area contributed by atoms with Gasteiger partial charge in [0.1, 0.15) is 16.4 Å². The van der Waals surface area contributed by atoms with Crippen LogP contribution in [0, 0.1) is 6.92 Å². The van der Waals surface area contributed by atoms with Crippen LogP contribution in [0.1, 0.15) is 52.3 Å². The van der Waals surface area contributed by atoms with Crippen LogP contribution in [0.4, 0.5) is 5.13 Å². The van der Waals surface area contributed by atoms with Crippen molar-refractivity contribution in [2.75, 3.05) is 32.8 Å². The maximum absolute atomic E-state index is 13.5. The average molecular weight is 567 g/mol. The number of hydrogen-bond donors (Lipinski definition) is 1. The van der Waals surface area contributed by atoms with E-state index in [0.29, 0.717) is 40.7 Å². The van der Waals surface area contributed by atoms with Gasteiger partial charge in [-0.25, -0.2) is 9.78 Å². The highest BCUT2D eigenvalue weighted by molar-refractivity contribution is 7.17. The molecule has 1 aliphatic rings. The molecular formula is C29H30N2O8S.